The van der Waals surface area contributed by atoms with E-state index in [1.54, 1.807) is 11.8 Å². The van der Waals surface area contributed by atoms with E-state index in [1.165, 1.54) is 37.1 Å². The Balaban J connectivity index is 1.39. The summed E-state index contributed by atoms with van der Waals surface area (Å²) in [5, 5.41) is 3.76. The molecule has 138 valence electrons. The molecule has 2 aromatic carbocycles. The zero-order valence-corrected chi connectivity index (χ0v) is 16.5. The molecule has 1 N–H and O–H groups in total. The van der Waals surface area contributed by atoms with Crippen LogP contribution in [0.2, 0.25) is 5.02 Å². The molecule has 26 heavy (non-hydrogen) atoms. The molecule has 5 heteroatoms. The van der Waals surface area contributed by atoms with Crippen LogP contribution in [0, 0.1) is 0 Å². The average Bonchev–Trinajstić information content (AvgIpc) is 3.15. The summed E-state index contributed by atoms with van der Waals surface area (Å²) in [5.41, 5.74) is 3.68. The van der Waals surface area contributed by atoms with Crippen LogP contribution in [0.25, 0.3) is 0 Å². The zero-order valence-electron chi connectivity index (χ0n) is 14.9. The topological polar surface area (TPSA) is 32.3 Å². The minimum atomic E-state index is 0.0777. The smallest absolute Gasteiger partial charge is 0.230 e. The average molecular weight is 389 g/mol. The van der Waals surface area contributed by atoms with E-state index >= 15 is 0 Å². The van der Waals surface area contributed by atoms with E-state index in [2.05, 4.69) is 34.5 Å². The van der Waals surface area contributed by atoms with Crippen molar-refractivity contribution in [3.63, 3.8) is 0 Å². The molecule has 1 fully saturated rings. The number of hydrogen-bond donors (Lipinski definition) is 1. The number of hydrogen-bond acceptors (Lipinski definition) is 3. The van der Waals surface area contributed by atoms with Crippen LogP contribution in [0.5, 0.6) is 0 Å². The maximum absolute atomic E-state index is 12.1. The van der Waals surface area contributed by atoms with Crippen molar-refractivity contribution in [1.82, 2.24) is 10.2 Å². The van der Waals surface area contributed by atoms with Gasteiger partial charge in [0.15, 0.2) is 0 Å². The van der Waals surface area contributed by atoms with Crippen LogP contribution in [0.1, 0.15) is 29.5 Å². The molecule has 0 atom stereocenters. The Morgan fingerprint density at radius 2 is 1.77 bits per heavy atom. The Kier molecular flexibility index (Phi) is 7.42. The van der Waals surface area contributed by atoms with Gasteiger partial charge in [-0.1, -0.05) is 48.0 Å². The maximum Gasteiger partial charge on any atom is 0.230 e. The Bertz CT molecular complexity index is 714. The van der Waals surface area contributed by atoms with Crippen LogP contribution < -0.4 is 5.32 Å². The van der Waals surface area contributed by atoms with Gasteiger partial charge in [-0.2, -0.15) is 0 Å². The summed E-state index contributed by atoms with van der Waals surface area (Å²) < 4.78 is 0. The lowest BCUT2D eigenvalue weighted by molar-refractivity contribution is -0.118. The highest BCUT2D eigenvalue weighted by molar-refractivity contribution is 7.99. The first kappa shape index (κ1) is 19.3. The van der Waals surface area contributed by atoms with Gasteiger partial charge < -0.3 is 5.32 Å². The molecule has 0 aliphatic carbocycles. The Morgan fingerprint density at radius 1 is 1.04 bits per heavy atom. The second-order valence-corrected chi connectivity index (χ2v) is 8.12. The van der Waals surface area contributed by atoms with Gasteiger partial charge in [0, 0.05) is 23.9 Å². The zero-order chi connectivity index (χ0) is 18.2. The van der Waals surface area contributed by atoms with Crippen molar-refractivity contribution in [2.75, 3.05) is 18.8 Å². The lowest BCUT2D eigenvalue weighted by Crippen LogP contribution is -2.24. The van der Waals surface area contributed by atoms with Crippen LogP contribution in [0.15, 0.2) is 48.5 Å². The van der Waals surface area contributed by atoms with Gasteiger partial charge in [0.2, 0.25) is 5.91 Å². The minimum Gasteiger partial charge on any atom is -0.351 e. The lowest BCUT2D eigenvalue weighted by Gasteiger charge is -2.15. The van der Waals surface area contributed by atoms with Crippen molar-refractivity contribution in [1.29, 1.82) is 0 Å². The quantitative estimate of drug-likeness (QED) is 0.723. The molecule has 1 heterocycles. The fourth-order valence-corrected chi connectivity index (χ4v) is 4.07. The van der Waals surface area contributed by atoms with Crippen LogP contribution in [-0.4, -0.2) is 29.6 Å². The highest BCUT2D eigenvalue weighted by atomic mass is 35.5. The van der Waals surface area contributed by atoms with Crippen molar-refractivity contribution in [2.45, 2.75) is 31.7 Å². The molecule has 1 aliphatic rings. The molecule has 0 saturated carbocycles. The van der Waals surface area contributed by atoms with Crippen molar-refractivity contribution in [3.05, 3.63) is 70.2 Å². The van der Waals surface area contributed by atoms with E-state index in [9.17, 15) is 4.79 Å². The predicted molar refractivity (Wildman–Crippen MR) is 110 cm³/mol. The number of thioether (sulfide) groups is 1. The predicted octanol–water partition coefficient (Wildman–Crippen LogP) is 4.49. The summed E-state index contributed by atoms with van der Waals surface area (Å²) in [6, 6.07) is 16.3. The number of likely N-dealkylation sites (tertiary alicyclic amines) is 1. The molecule has 0 bridgehead atoms. The van der Waals surface area contributed by atoms with E-state index in [0.717, 1.165) is 22.9 Å². The van der Waals surface area contributed by atoms with E-state index in [1.807, 2.05) is 24.3 Å². The van der Waals surface area contributed by atoms with Gasteiger partial charge in [-0.3, -0.25) is 9.69 Å². The molecule has 1 aliphatic heterocycles. The van der Waals surface area contributed by atoms with E-state index in [-0.39, 0.29) is 5.91 Å². The molecule has 0 aromatic heterocycles. The van der Waals surface area contributed by atoms with Crippen LogP contribution in [0.3, 0.4) is 0 Å². The monoisotopic (exact) mass is 388 g/mol. The number of nitrogens with zero attached hydrogens (tertiary/aromatic N) is 1. The van der Waals surface area contributed by atoms with Gasteiger partial charge in [0.1, 0.15) is 0 Å². The fourth-order valence-electron chi connectivity index (χ4n) is 3.13. The first-order chi connectivity index (χ1) is 12.7. The van der Waals surface area contributed by atoms with Crippen molar-refractivity contribution < 1.29 is 4.79 Å². The van der Waals surface area contributed by atoms with Crippen LogP contribution in [-0.2, 0) is 23.6 Å². The summed E-state index contributed by atoms with van der Waals surface area (Å²) in [4.78, 5) is 14.6. The standard InChI is InChI=1S/C21H25ClN2OS/c22-20-8-6-17(7-9-20)15-26-16-21(25)23-13-18-4-3-5-19(12-18)14-24-10-1-2-11-24/h3-9,12H,1-2,10-11,13-16H2,(H,23,25). The van der Waals surface area contributed by atoms with Crippen molar-refractivity contribution in [3.8, 4) is 0 Å². The third-order valence-electron chi connectivity index (χ3n) is 4.50. The molecule has 2 aromatic rings. The minimum absolute atomic E-state index is 0.0777. The second-order valence-electron chi connectivity index (χ2n) is 6.70. The maximum atomic E-state index is 12.1. The van der Waals surface area contributed by atoms with Gasteiger partial charge in [-0.15, -0.1) is 11.8 Å². The van der Waals surface area contributed by atoms with Gasteiger partial charge in [-0.05, 0) is 54.8 Å². The van der Waals surface area contributed by atoms with E-state index in [0.29, 0.717) is 12.3 Å². The second kappa shape index (κ2) is 10.0. The van der Waals surface area contributed by atoms with Gasteiger partial charge in [0.05, 0.1) is 5.75 Å². The molecule has 1 amide bonds. The van der Waals surface area contributed by atoms with E-state index in [4.69, 9.17) is 11.6 Å². The van der Waals surface area contributed by atoms with Gasteiger partial charge >= 0.3 is 0 Å². The molecule has 0 radical (unpaired) electrons. The number of carbonyl (C=O) groups is 1. The first-order valence-corrected chi connectivity index (χ1v) is 10.6. The third-order valence-corrected chi connectivity index (χ3v) is 5.76. The first-order valence-electron chi connectivity index (χ1n) is 9.08. The van der Waals surface area contributed by atoms with Crippen LogP contribution >= 0.6 is 23.4 Å². The molecule has 3 rings (SSSR count). The summed E-state index contributed by atoms with van der Waals surface area (Å²) in [5.74, 6) is 1.36. The highest BCUT2D eigenvalue weighted by Crippen LogP contribution is 2.16. The van der Waals surface area contributed by atoms with E-state index < -0.39 is 0 Å². The van der Waals surface area contributed by atoms with Gasteiger partial charge in [-0.25, -0.2) is 0 Å². The summed E-state index contributed by atoms with van der Waals surface area (Å²) in [7, 11) is 0. The molecule has 0 unspecified atom stereocenters. The Labute approximate surface area is 165 Å². The Hall–Kier alpha value is -1.49. The highest BCUT2D eigenvalue weighted by Gasteiger charge is 2.11. The molecule has 0 spiro atoms. The largest absolute Gasteiger partial charge is 0.351 e. The van der Waals surface area contributed by atoms with Crippen LogP contribution in [0.4, 0.5) is 0 Å². The molecular formula is C21H25ClN2OS. The van der Waals surface area contributed by atoms with Gasteiger partial charge in [0.25, 0.3) is 0 Å². The number of carbonyl (C=O) groups excluding carboxylic acids is 1. The van der Waals surface area contributed by atoms with Crippen molar-refractivity contribution >= 4 is 29.3 Å². The summed E-state index contributed by atoms with van der Waals surface area (Å²) >= 11 is 7.50. The summed E-state index contributed by atoms with van der Waals surface area (Å²) in [6.07, 6.45) is 2.62. The number of amides is 1. The normalized spacial score (nSPS) is 14.5. The third kappa shape index (κ3) is 6.35. The molecule has 3 nitrogen and oxygen atoms in total. The summed E-state index contributed by atoms with van der Waals surface area (Å²) in [6.45, 7) is 4.00. The lowest BCUT2D eigenvalue weighted by atomic mass is 10.1. The number of rotatable bonds is 8. The molecular weight excluding hydrogens is 364 g/mol. The number of benzene rings is 2. The van der Waals surface area contributed by atoms with Crippen molar-refractivity contribution in [2.24, 2.45) is 0 Å². The number of halogens is 1. The SMILES string of the molecule is O=C(CSCc1ccc(Cl)cc1)NCc1cccc(CN2CCCC2)c1. The fraction of sp³-hybridized carbons (Fsp3) is 0.381. The molecule has 1 saturated heterocycles. The Morgan fingerprint density at radius 3 is 2.54 bits per heavy atom. The number of nitrogens with one attached hydrogen (secondary N) is 1.